The van der Waals surface area contributed by atoms with Crippen molar-refractivity contribution in [1.82, 2.24) is 5.32 Å². The van der Waals surface area contributed by atoms with Crippen molar-refractivity contribution >= 4 is 60.8 Å². The lowest BCUT2D eigenvalue weighted by atomic mass is 9.83. The van der Waals surface area contributed by atoms with Crippen LogP contribution in [-0.2, 0) is 28.0 Å². The van der Waals surface area contributed by atoms with Gasteiger partial charge in [0.15, 0.2) is 11.6 Å². The van der Waals surface area contributed by atoms with E-state index in [-0.39, 0.29) is 57.0 Å². The van der Waals surface area contributed by atoms with E-state index in [1.54, 1.807) is 19.9 Å². The molecule has 0 aliphatic carbocycles. The summed E-state index contributed by atoms with van der Waals surface area (Å²) >= 11 is 0. The van der Waals surface area contributed by atoms with Gasteiger partial charge in [-0.2, -0.15) is 0 Å². The Morgan fingerprint density at radius 2 is 0.790 bits per heavy atom. The maximum Gasteiger partial charge on any atom is 0.327 e. The minimum Gasteiger partial charge on any atom is -0.478 e. The van der Waals surface area contributed by atoms with Gasteiger partial charge in [0.25, 0.3) is 16.6 Å². The Morgan fingerprint density at radius 3 is 1.05 bits per heavy atom. The van der Waals surface area contributed by atoms with Crippen LogP contribution in [0.15, 0.2) is 194 Å². The summed E-state index contributed by atoms with van der Waals surface area (Å²) in [6, 6.07) is 41.8. The summed E-state index contributed by atoms with van der Waals surface area (Å²) in [5, 5.41) is 15.6. The molecule has 440 valence electrons. The summed E-state index contributed by atoms with van der Waals surface area (Å²) in [5.41, 5.74) is 5.53. The van der Waals surface area contributed by atoms with E-state index in [4.69, 9.17) is 19.7 Å². The zero-order valence-electron chi connectivity index (χ0n) is 52.0. The zero-order valence-corrected chi connectivity index (χ0v) is 54.0. The molecule has 0 bridgehead atoms. The van der Waals surface area contributed by atoms with Crippen molar-refractivity contribution < 1.29 is 33.1 Å². The Hall–Kier alpha value is -6.09. The minimum atomic E-state index is -2.70. The van der Waals surface area contributed by atoms with Gasteiger partial charge in [-0.1, -0.05) is 265 Å². The second-order valence-electron chi connectivity index (χ2n) is 24.7. The van der Waals surface area contributed by atoms with Crippen LogP contribution in [0, 0.1) is 10.8 Å². The Labute approximate surface area is 491 Å². The highest BCUT2D eigenvalue weighted by molar-refractivity contribution is 7.00. The van der Waals surface area contributed by atoms with Crippen LogP contribution < -0.4 is 31.8 Å². The van der Waals surface area contributed by atoms with E-state index < -0.39 is 34.7 Å². The number of amides is 1. The highest BCUT2D eigenvalue weighted by Crippen LogP contribution is 2.40. The van der Waals surface area contributed by atoms with Gasteiger partial charge in [0, 0.05) is 18.9 Å². The van der Waals surface area contributed by atoms with Crippen molar-refractivity contribution in [1.29, 1.82) is 0 Å². The number of rotatable bonds is 25. The summed E-state index contributed by atoms with van der Waals surface area (Å²) in [5.74, 6) is -1.06. The second kappa shape index (κ2) is 34.4. The molecular formula is C70H100N2O7Si2. The Kier molecular flexibility index (Phi) is 30.1. The lowest BCUT2D eigenvalue weighted by Crippen LogP contribution is -2.67. The topological polar surface area (TPSA) is 145 Å². The molecule has 0 heterocycles. The molecular weight excluding hydrogens is 1040 g/mol. The maximum absolute atomic E-state index is 13.2. The maximum atomic E-state index is 13.2. The number of nitrogens with one attached hydrogen (secondary N) is 1. The molecule has 0 aliphatic rings. The number of carbonyl (C=O) groups is 4. The molecule has 4 aromatic carbocycles. The molecule has 4 N–H and O–H groups in total. The van der Waals surface area contributed by atoms with Crippen LogP contribution in [0.2, 0.25) is 10.1 Å². The predicted molar refractivity (Wildman–Crippen MR) is 347 cm³/mol. The number of carboxylic acids is 1. The Bertz CT molecular complexity index is 2590. The first-order chi connectivity index (χ1) is 38.1. The first-order valence-corrected chi connectivity index (χ1v) is 32.6. The fourth-order valence-electron chi connectivity index (χ4n) is 9.73. The lowest BCUT2D eigenvalue weighted by Gasteiger charge is -2.45. The van der Waals surface area contributed by atoms with Gasteiger partial charge in [0.1, 0.15) is 0 Å². The van der Waals surface area contributed by atoms with Crippen molar-refractivity contribution in [2.24, 2.45) is 16.6 Å². The third kappa shape index (κ3) is 22.6. The first kappa shape index (κ1) is 71.0. The fraction of sp³-hybridized carbons (Fsp3) is 0.429. The standard InChI is InChI=1S/C35H49NO3Si.C31H45NO2Si.C4H6O2/c1-9-11-21-28(22-18-19-27-31(37)33(34(3,4)5)36-32(38)20-10-2)39-40(35(6,7)8,29-23-14-12-15-24-29)30-25-16-13-17-26-30;1-8-9-18-25(19-16-17-24-28(33)29(32)30(2,3)4)34-35(31(5,6)7,26-20-12-10-13-21-26)27-22-14-11-15-23-27;1-2-3-4(5)6/h9-20,23-26,28,33H,21-22,27H2,1-8H3,(H,36,38);8-17,20-23,25,29H,18-19,24,32H2,1-7H3;2-3H,1H3,(H,5,6)/b11-9-,19-18-,20-10-;9-8-,17-16-;/t28-,33+;25-,29+;/m00./s1. The van der Waals surface area contributed by atoms with E-state index in [9.17, 15) is 19.2 Å². The molecule has 11 heteroatoms. The van der Waals surface area contributed by atoms with Crippen LogP contribution in [0.3, 0.4) is 0 Å². The number of nitrogens with two attached hydrogens (primary N) is 1. The highest BCUT2D eigenvalue weighted by Gasteiger charge is 2.52. The SMILES string of the molecule is C/C=C\C[C@@H](C/C=C\CC(=O)[C@@H](N)C(C)(C)C)O[Si](c1ccccc1)(c1ccccc1)C(C)(C)C.C/C=C\C[C@@H](C/C=C\CC(=O)[C@@H](NC(=O)/C=C\C)C(C)(C)C)O[Si](c1ccccc1)(c1ccccc1)C(C)(C)C.CC=CC(=O)O. The molecule has 0 aromatic heterocycles. The van der Waals surface area contributed by atoms with Crippen molar-refractivity contribution in [2.75, 3.05) is 0 Å². The van der Waals surface area contributed by atoms with Crippen LogP contribution in [0.25, 0.3) is 0 Å². The van der Waals surface area contributed by atoms with Crippen LogP contribution >= 0.6 is 0 Å². The molecule has 0 aliphatic heterocycles. The number of ketones is 2. The van der Waals surface area contributed by atoms with E-state index in [0.29, 0.717) is 12.8 Å². The molecule has 0 fully saturated rings. The highest BCUT2D eigenvalue weighted by atomic mass is 28.4. The number of hydrogen-bond donors (Lipinski definition) is 3. The van der Waals surface area contributed by atoms with Gasteiger partial charge >= 0.3 is 5.97 Å². The summed E-state index contributed by atoms with van der Waals surface area (Å²) in [7, 11) is -5.34. The summed E-state index contributed by atoms with van der Waals surface area (Å²) in [6.45, 7) is 33.2. The van der Waals surface area contributed by atoms with Crippen LogP contribution in [0.1, 0.15) is 149 Å². The molecule has 0 saturated carbocycles. The van der Waals surface area contributed by atoms with Crippen molar-refractivity contribution in [3.63, 3.8) is 0 Å². The van der Waals surface area contributed by atoms with Gasteiger partial charge < -0.3 is 25.0 Å². The van der Waals surface area contributed by atoms with Gasteiger partial charge in [-0.25, -0.2) is 4.79 Å². The molecule has 0 radical (unpaired) electrons. The van der Waals surface area contributed by atoms with Crippen molar-refractivity contribution in [2.45, 2.75) is 184 Å². The number of allylic oxidation sites excluding steroid dienone is 6. The van der Waals surface area contributed by atoms with Gasteiger partial charge in [0.2, 0.25) is 5.91 Å². The van der Waals surface area contributed by atoms with Gasteiger partial charge in [-0.3, -0.25) is 14.4 Å². The summed E-state index contributed by atoms with van der Waals surface area (Å²) in [6.07, 6.45) is 25.8. The van der Waals surface area contributed by atoms with E-state index in [0.717, 1.165) is 25.3 Å². The number of carbonyl (C=O) groups excluding carboxylic acids is 3. The van der Waals surface area contributed by atoms with E-state index >= 15 is 0 Å². The number of carboxylic acid groups (broad SMARTS) is 1. The van der Waals surface area contributed by atoms with Gasteiger partial charge in [-0.05, 0) is 101 Å². The Balaban J connectivity index is 0.000000505. The largest absolute Gasteiger partial charge is 0.478 e. The summed E-state index contributed by atoms with van der Waals surface area (Å²) < 4.78 is 14.7. The van der Waals surface area contributed by atoms with Crippen LogP contribution in [0.5, 0.6) is 0 Å². The lowest BCUT2D eigenvalue weighted by molar-refractivity contribution is -0.131. The third-order valence-electron chi connectivity index (χ3n) is 13.9. The quantitative estimate of drug-likeness (QED) is 0.0338. The molecule has 4 aromatic rings. The second-order valence-corrected chi connectivity index (χ2v) is 33.2. The third-order valence-corrected chi connectivity index (χ3v) is 24.1. The van der Waals surface area contributed by atoms with E-state index in [1.807, 2.05) is 67.5 Å². The Morgan fingerprint density at radius 1 is 0.469 bits per heavy atom. The van der Waals surface area contributed by atoms with Gasteiger partial charge in [0.05, 0.1) is 24.3 Å². The van der Waals surface area contributed by atoms with Crippen molar-refractivity contribution in [3.05, 3.63) is 194 Å². The molecule has 0 spiro atoms. The number of benzene rings is 4. The van der Waals surface area contributed by atoms with Crippen LogP contribution in [0.4, 0.5) is 0 Å². The first-order valence-electron chi connectivity index (χ1n) is 28.8. The predicted octanol–water partition coefficient (Wildman–Crippen LogP) is 13.7. The minimum absolute atomic E-state index is 0.000135. The molecule has 81 heavy (non-hydrogen) atoms. The fourth-order valence-corrected chi connectivity index (χ4v) is 19.1. The molecule has 9 nitrogen and oxygen atoms in total. The average Bonchev–Trinajstić information content (AvgIpc) is 3.41. The zero-order chi connectivity index (χ0) is 60.9. The van der Waals surface area contributed by atoms with E-state index in [1.165, 1.54) is 32.9 Å². The smallest absolute Gasteiger partial charge is 0.327 e. The number of aliphatic carboxylic acids is 1. The molecule has 0 unspecified atom stereocenters. The molecule has 4 atom stereocenters. The monoisotopic (exact) mass is 1140 g/mol. The normalized spacial score (nSPS) is 14.4. The molecule has 0 saturated heterocycles. The molecule has 1 amide bonds. The van der Waals surface area contributed by atoms with Gasteiger partial charge in [-0.15, -0.1) is 0 Å². The van der Waals surface area contributed by atoms with Crippen LogP contribution in [-0.4, -0.2) is 69.5 Å². The van der Waals surface area contributed by atoms with Crippen molar-refractivity contribution in [3.8, 4) is 0 Å². The summed E-state index contributed by atoms with van der Waals surface area (Å²) in [4.78, 5) is 47.4. The molecule has 4 rings (SSSR count). The van der Waals surface area contributed by atoms with E-state index in [2.05, 4.69) is 205 Å². The number of Topliss-reactive ketones (excluding diaryl/α,β-unsaturated/α-hetero) is 2. The number of hydrogen-bond acceptors (Lipinski definition) is 7. The average molecular weight is 1140 g/mol.